The summed E-state index contributed by atoms with van der Waals surface area (Å²) in [6.07, 6.45) is 5.07. The summed E-state index contributed by atoms with van der Waals surface area (Å²) < 4.78 is 0. The van der Waals surface area contributed by atoms with E-state index in [1.54, 1.807) is 0 Å². The number of hydrogen-bond acceptors (Lipinski definition) is 2. The predicted octanol–water partition coefficient (Wildman–Crippen LogP) is 2.40. The smallest absolute Gasteiger partial charge is 0.222 e. The lowest BCUT2D eigenvalue weighted by Gasteiger charge is -2.23. The molecule has 1 unspecified atom stereocenters. The Bertz CT molecular complexity index is 186. The molecule has 0 saturated carbocycles. The SMILES string of the molecule is CCCC(CCN)CCC(=O)N(C)C(C)C. The third kappa shape index (κ3) is 6.11. The second-order valence-corrected chi connectivity index (χ2v) is 4.87. The van der Waals surface area contributed by atoms with Crippen molar-refractivity contribution in [1.29, 1.82) is 0 Å². The molecule has 0 aliphatic heterocycles. The van der Waals surface area contributed by atoms with Crippen LogP contribution >= 0.6 is 0 Å². The molecule has 0 bridgehead atoms. The van der Waals surface area contributed by atoms with Gasteiger partial charge in [-0.15, -0.1) is 0 Å². The van der Waals surface area contributed by atoms with Crippen molar-refractivity contribution in [3.8, 4) is 0 Å². The van der Waals surface area contributed by atoms with E-state index in [2.05, 4.69) is 6.92 Å². The number of carbonyl (C=O) groups excluding carboxylic acids is 1. The predicted molar refractivity (Wildman–Crippen MR) is 69.2 cm³/mol. The third-order valence-electron chi connectivity index (χ3n) is 3.21. The number of carbonyl (C=O) groups is 1. The van der Waals surface area contributed by atoms with Crippen LogP contribution in [-0.4, -0.2) is 30.4 Å². The van der Waals surface area contributed by atoms with E-state index >= 15 is 0 Å². The lowest BCUT2D eigenvalue weighted by molar-refractivity contribution is -0.131. The fourth-order valence-corrected chi connectivity index (χ4v) is 1.87. The zero-order valence-corrected chi connectivity index (χ0v) is 11.3. The lowest BCUT2D eigenvalue weighted by atomic mass is 9.94. The Labute approximate surface area is 100 Å². The lowest BCUT2D eigenvalue weighted by Crippen LogP contribution is -2.33. The van der Waals surface area contributed by atoms with Gasteiger partial charge in [0, 0.05) is 19.5 Å². The Morgan fingerprint density at radius 3 is 2.31 bits per heavy atom. The van der Waals surface area contributed by atoms with Crippen molar-refractivity contribution < 1.29 is 4.79 Å². The first-order chi connectivity index (χ1) is 7.52. The molecule has 0 spiro atoms. The van der Waals surface area contributed by atoms with Gasteiger partial charge >= 0.3 is 0 Å². The summed E-state index contributed by atoms with van der Waals surface area (Å²) in [6, 6.07) is 0.298. The van der Waals surface area contributed by atoms with Crippen LogP contribution in [0.1, 0.15) is 52.9 Å². The standard InChI is InChI=1S/C13H28N2O/c1-5-6-12(9-10-14)7-8-13(16)15(4)11(2)3/h11-12H,5-10,14H2,1-4H3. The maximum atomic E-state index is 11.8. The molecule has 0 aromatic heterocycles. The summed E-state index contributed by atoms with van der Waals surface area (Å²) in [5.41, 5.74) is 5.58. The van der Waals surface area contributed by atoms with Gasteiger partial charge in [-0.3, -0.25) is 4.79 Å². The molecule has 0 heterocycles. The minimum Gasteiger partial charge on any atom is -0.343 e. The molecular formula is C13H28N2O. The maximum Gasteiger partial charge on any atom is 0.222 e. The van der Waals surface area contributed by atoms with Gasteiger partial charge in [0.1, 0.15) is 0 Å². The molecule has 0 aliphatic rings. The van der Waals surface area contributed by atoms with Crippen molar-refractivity contribution in [3.63, 3.8) is 0 Å². The van der Waals surface area contributed by atoms with Crippen molar-refractivity contribution in [2.75, 3.05) is 13.6 Å². The highest BCUT2D eigenvalue weighted by Gasteiger charge is 2.14. The van der Waals surface area contributed by atoms with Crippen LogP contribution in [0.2, 0.25) is 0 Å². The molecule has 1 atom stereocenters. The molecular weight excluding hydrogens is 200 g/mol. The average Bonchev–Trinajstić information content (AvgIpc) is 2.24. The van der Waals surface area contributed by atoms with Crippen LogP contribution in [-0.2, 0) is 4.79 Å². The molecule has 16 heavy (non-hydrogen) atoms. The van der Waals surface area contributed by atoms with E-state index < -0.39 is 0 Å². The number of hydrogen-bond donors (Lipinski definition) is 1. The van der Waals surface area contributed by atoms with E-state index in [0.29, 0.717) is 18.4 Å². The quantitative estimate of drug-likeness (QED) is 0.693. The second kappa shape index (κ2) is 8.57. The Balaban J connectivity index is 3.94. The summed E-state index contributed by atoms with van der Waals surface area (Å²) in [4.78, 5) is 13.6. The maximum absolute atomic E-state index is 11.8. The van der Waals surface area contributed by atoms with Crippen molar-refractivity contribution in [3.05, 3.63) is 0 Å². The first-order valence-corrected chi connectivity index (χ1v) is 6.48. The molecule has 0 aliphatic carbocycles. The highest BCUT2D eigenvalue weighted by atomic mass is 16.2. The molecule has 2 N–H and O–H groups in total. The Morgan fingerprint density at radius 1 is 1.25 bits per heavy atom. The van der Waals surface area contributed by atoms with Gasteiger partial charge in [0.25, 0.3) is 0 Å². The van der Waals surface area contributed by atoms with Gasteiger partial charge in [-0.05, 0) is 39.2 Å². The van der Waals surface area contributed by atoms with E-state index in [0.717, 1.165) is 19.4 Å². The highest BCUT2D eigenvalue weighted by Crippen LogP contribution is 2.17. The van der Waals surface area contributed by atoms with Crippen LogP contribution in [0.15, 0.2) is 0 Å². The zero-order valence-electron chi connectivity index (χ0n) is 11.3. The molecule has 3 heteroatoms. The van der Waals surface area contributed by atoms with Crippen LogP contribution in [0.4, 0.5) is 0 Å². The van der Waals surface area contributed by atoms with Crippen molar-refractivity contribution in [1.82, 2.24) is 4.90 Å². The van der Waals surface area contributed by atoms with Gasteiger partial charge in [0.05, 0.1) is 0 Å². The Hall–Kier alpha value is -0.570. The number of nitrogens with two attached hydrogens (primary N) is 1. The minimum absolute atomic E-state index is 0.258. The number of amides is 1. The highest BCUT2D eigenvalue weighted by molar-refractivity contribution is 5.76. The van der Waals surface area contributed by atoms with E-state index in [1.807, 2.05) is 25.8 Å². The first kappa shape index (κ1) is 15.4. The normalized spacial score (nSPS) is 12.9. The molecule has 0 rings (SSSR count). The molecule has 0 radical (unpaired) electrons. The topological polar surface area (TPSA) is 46.3 Å². The van der Waals surface area contributed by atoms with Gasteiger partial charge < -0.3 is 10.6 Å². The van der Waals surface area contributed by atoms with Gasteiger partial charge in [-0.2, -0.15) is 0 Å². The molecule has 0 aromatic carbocycles. The third-order valence-corrected chi connectivity index (χ3v) is 3.21. The van der Waals surface area contributed by atoms with Crippen LogP contribution in [0.3, 0.4) is 0 Å². The number of nitrogens with zero attached hydrogens (tertiary/aromatic N) is 1. The summed E-state index contributed by atoms with van der Waals surface area (Å²) in [5.74, 6) is 0.882. The van der Waals surface area contributed by atoms with Gasteiger partial charge in [0.2, 0.25) is 5.91 Å². The van der Waals surface area contributed by atoms with Crippen LogP contribution in [0.5, 0.6) is 0 Å². The van der Waals surface area contributed by atoms with E-state index in [9.17, 15) is 4.79 Å². The molecule has 3 nitrogen and oxygen atoms in total. The first-order valence-electron chi connectivity index (χ1n) is 6.48. The molecule has 96 valence electrons. The summed E-state index contributed by atoms with van der Waals surface area (Å²) in [6.45, 7) is 7.01. The monoisotopic (exact) mass is 228 g/mol. The second-order valence-electron chi connectivity index (χ2n) is 4.87. The van der Waals surface area contributed by atoms with E-state index in [-0.39, 0.29) is 5.91 Å². The largest absolute Gasteiger partial charge is 0.343 e. The minimum atomic E-state index is 0.258. The van der Waals surface area contributed by atoms with Crippen LogP contribution in [0, 0.1) is 5.92 Å². The average molecular weight is 228 g/mol. The summed E-state index contributed by atoms with van der Waals surface area (Å²) >= 11 is 0. The fraction of sp³-hybridized carbons (Fsp3) is 0.923. The van der Waals surface area contributed by atoms with Crippen LogP contribution < -0.4 is 5.73 Å². The van der Waals surface area contributed by atoms with Gasteiger partial charge in [-0.25, -0.2) is 0 Å². The van der Waals surface area contributed by atoms with Crippen molar-refractivity contribution >= 4 is 5.91 Å². The molecule has 0 fully saturated rings. The fourth-order valence-electron chi connectivity index (χ4n) is 1.87. The summed E-state index contributed by atoms with van der Waals surface area (Å²) in [7, 11) is 1.88. The van der Waals surface area contributed by atoms with E-state index in [1.165, 1.54) is 12.8 Å². The van der Waals surface area contributed by atoms with E-state index in [4.69, 9.17) is 5.73 Å². The molecule has 0 aromatic rings. The van der Waals surface area contributed by atoms with Gasteiger partial charge in [0.15, 0.2) is 0 Å². The zero-order chi connectivity index (χ0) is 12.6. The molecule has 0 saturated heterocycles. The Morgan fingerprint density at radius 2 is 1.88 bits per heavy atom. The van der Waals surface area contributed by atoms with Crippen molar-refractivity contribution in [2.24, 2.45) is 11.7 Å². The molecule has 1 amide bonds. The van der Waals surface area contributed by atoms with Crippen molar-refractivity contribution in [2.45, 2.75) is 58.9 Å². The van der Waals surface area contributed by atoms with Gasteiger partial charge in [-0.1, -0.05) is 19.8 Å². The Kier molecular flexibility index (Phi) is 8.26. The van der Waals surface area contributed by atoms with Crippen LogP contribution in [0.25, 0.3) is 0 Å². The number of rotatable bonds is 8. The summed E-state index contributed by atoms with van der Waals surface area (Å²) in [5, 5.41) is 0.